The van der Waals surface area contributed by atoms with Gasteiger partial charge in [-0.3, -0.25) is 10.1 Å². The van der Waals surface area contributed by atoms with E-state index in [4.69, 9.17) is 14.7 Å². The summed E-state index contributed by atoms with van der Waals surface area (Å²) in [5.41, 5.74) is 10.6. The highest BCUT2D eigenvalue weighted by molar-refractivity contribution is 6.30. The Morgan fingerprint density at radius 1 is 0.569 bits per heavy atom. The Labute approximate surface area is 418 Å². The van der Waals surface area contributed by atoms with Gasteiger partial charge in [-0.05, 0) is 103 Å². The van der Waals surface area contributed by atoms with Crippen molar-refractivity contribution in [2.75, 3.05) is 0 Å². The summed E-state index contributed by atoms with van der Waals surface area (Å²) in [4.78, 5) is 46.1. The molecule has 9 nitrogen and oxygen atoms in total. The predicted molar refractivity (Wildman–Crippen MR) is 289 cm³/mol. The summed E-state index contributed by atoms with van der Waals surface area (Å²) in [6, 6.07) is 48.0. The van der Waals surface area contributed by atoms with E-state index in [1.165, 1.54) is 11.6 Å². The Morgan fingerprint density at radius 2 is 1.15 bits per heavy atom. The summed E-state index contributed by atoms with van der Waals surface area (Å²) in [5.74, 6) is -0.413. The first-order valence-corrected chi connectivity index (χ1v) is 24.4. The zero-order chi connectivity index (χ0) is 50.4. The van der Waals surface area contributed by atoms with Crippen LogP contribution in [0.25, 0.3) is 44.5 Å². The SMILES string of the molecule is CC(C)(C)c1ccc(C2=C3C=CC(=N3)C(c3ccc(C(C)(C)C)cc3)=c3ccc([nH]3)=c3c4c(c(-c5ccccc5)c5cc(C(C)(C)C)ccc35)C(OC(=O)c3ccccc3)=C(N=4)c3cc([N+](=O)[O-])c2[nH]3)cc1. The van der Waals surface area contributed by atoms with Gasteiger partial charge < -0.3 is 14.7 Å². The summed E-state index contributed by atoms with van der Waals surface area (Å²) in [6.45, 7) is 19.7. The van der Waals surface area contributed by atoms with Crippen LogP contribution in [0.2, 0.25) is 0 Å². The van der Waals surface area contributed by atoms with Crippen LogP contribution in [-0.4, -0.2) is 26.6 Å². The number of carbonyl (C=O) groups excluding carboxylic acids is 1. The van der Waals surface area contributed by atoms with E-state index in [0.29, 0.717) is 39.2 Å². The largest absolute Gasteiger partial charge is 0.420 e. The van der Waals surface area contributed by atoms with Crippen molar-refractivity contribution < 1.29 is 14.5 Å². The molecule has 0 saturated carbocycles. The molecule has 72 heavy (non-hydrogen) atoms. The molecule has 0 saturated heterocycles. The highest BCUT2D eigenvalue weighted by Gasteiger charge is 2.35. The maximum absolute atomic E-state index is 14.6. The molecule has 11 rings (SSSR count). The molecule has 0 atom stereocenters. The van der Waals surface area contributed by atoms with Gasteiger partial charge in [-0.2, -0.15) is 0 Å². The minimum Gasteiger partial charge on any atom is -0.420 e. The molecule has 8 bridgehead atoms. The van der Waals surface area contributed by atoms with Gasteiger partial charge in [0.1, 0.15) is 11.4 Å². The van der Waals surface area contributed by atoms with Crippen LogP contribution in [-0.2, 0) is 21.0 Å². The molecule has 0 aliphatic carbocycles. The van der Waals surface area contributed by atoms with Gasteiger partial charge in [-0.1, -0.05) is 172 Å². The van der Waals surface area contributed by atoms with Crippen LogP contribution in [0.5, 0.6) is 0 Å². The molecule has 3 aliphatic heterocycles. The molecule has 356 valence electrons. The maximum atomic E-state index is 14.6. The average Bonchev–Trinajstić information content (AvgIpc) is 4.19. The van der Waals surface area contributed by atoms with Crippen molar-refractivity contribution in [3.05, 3.63) is 245 Å². The number of hydrogen-bond donors (Lipinski definition) is 2. The molecule has 8 aromatic rings. The monoisotopic (exact) mass is 945 g/mol. The number of aromatic amines is 2. The Morgan fingerprint density at radius 3 is 1.76 bits per heavy atom. The fourth-order valence-corrected chi connectivity index (χ4v) is 10.1. The Bertz CT molecular complexity index is 3940. The molecule has 0 fully saturated rings. The zero-order valence-electron chi connectivity index (χ0n) is 42.0. The van der Waals surface area contributed by atoms with Crippen LogP contribution in [0.4, 0.5) is 5.69 Å². The molecule has 2 N–H and O–H groups in total. The van der Waals surface area contributed by atoms with Gasteiger partial charge in [0.05, 0.1) is 38.5 Å². The fraction of sp³-hybridized carbons (Fsp3) is 0.190. The number of aromatic nitrogens is 2. The van der Waals surface area contributed by atoms with Crippen LogP contribution in [0.15, 0.2) is 173 Å². The van der Waals surface area contributed by atoms with Crippen molar-refractivity contribution in [2.45, 2.75) is 78.6 Å². The van der Waals surface area contributed by atoms with Gasteiger partial charge in [0.15, 0.2) is 5.76 Å². The van der Waals surface area contributed by atoms with E-state index in [1.807, 2.05) is 48.6 Å². The van der Waals surface area contributed by atoms with Crippen molar-refractivity contribution in [3.8, 4) is 11.1 Å². The maximum Gasteiger partial charge on any atom is 0.343 e. The molecule has 0 unspecified atom stereocenters. The third kappa shape index (κ3) is 7.95. The molecule has 9 heteroatoms. The van der Waals surface area contributed by atoms with Gasteiger partial charge in [0, 0.05) is 38.7 Å². The molecule has 6 aromatic carbocycles. The number of aliphatic imine (C=N–C) groups is 1. The number of carbonyl (C=O) groups is 1. The van der Waals surface area contributed by atoms with Gasteiger partial charge in [0.25, 0.3) is 5.69 Å². The molecule has 0 radical (unpaired) electrons. The normalized spacial score (nSPS) is 14.3. The van der Waals surface area contributed by atoms with Crippen molar-refractivity contribution in [1.29, 1.82) is 0 Å². The summed E-state index contributed by atoms with van der Waals surface area (Å²) in [5, 5.41) is 18.4. The quantitative estimate of drug-likeness (QED) is 0.0978. The third-order valence-corrected chi connectivity index (χ3v) is 14.0. The Balaban J connectivity index is 1.35. The minimum atomic E-state index is -0.593. The van der Waals surface area contributed by atoms with Crippen LogP contribution in [0, 0.1) is 20.7 Å². The van der Waals surface area contributed by atoms with Crippen molar-refractivity contribution in [3.63, 3.8) is 0 Å². The number of fused-ring (bicyclic) bond motifs is 9. The number of ether oxygens (including phenoxy) is 1. The van der Waals surface area contributed by atoms with E-state index < -0.39 is 5.97 Å². The number of benzene rings is 6. The van der Waals surface area contributed by atoms with Gasteiger partial charge >= 0.3 is 5.97 Å². The van der Waals surface area contributed by atoms with Gasteiger partial charge in [-0.15, -0.1) is 0 Å². The number of hydrogen-bond acceptors (Lipinski definition) is 6. The summed E-state index contributed by atoms with van der Waals surface area (Å²) in [6.07, 6.45) is 3.93. The van der Waals surface area contributed by atoms with Crippen molar-refractivity contribution in [1.82, 2.24) is 9.97 Å². The van der Waals surface area contributed by atoms with Crippen LogP contribution in [0.1, 0.15) is 117 Å². The highest BCUT2D eigenvalue weighted by atomic mass is 16.6. The van der Waals surface area contributed by atoms with Gasteiger partial charge in [0.2, 0.25) is 0 Å². The first-order valence-electron chi connectivity index (χ1n) is 24.4. The highest BCUT2D eigenvalue weighted by Crippen LogP contribution is 2.45. The summed E-state index contributed by atoms with van der Waals surface area (Å²) in [7, 11) is 0. The second-order valence-corrected chi connectivity index (χ2v) is 22.0. The van der Waals surface area contributed by atoms with E-state index in [2.05, 4.69) is 151 Å². The first-order chi connectivity index (χ1) is 34.3. The first kappa shape index (κ1) is 46.0. The number of nitrogens with zero attached hydrogens (tertiary/aromatic N) is 3. The molecule has 5 heterocycles. The molecular weight excluding hydrogens is 891 g/mol. The Kier molecular flexibility index (Phi) is 10.8. The smallest absolute Gasteiger partial charge is 0.343 e. The lowest BCUT2D eigenvalue weighted by atomic mass is 9.83. The lowest BCUT2D eigenvalue weighted by Crippen LogP contribution is -2.17. The van der Waals surface area contributed by atoms with Crippen molar-refractivity contribution in [2.24, 2.45) is 9.98 Å². The topological polar surface area (TPSA) is 126 Å². The lowest BCUT2D eigenvalue weighted by molar-refractivity contribution is -0.385. The summed E-state index contributed by atoms with van der Waals surface area (Å²) >= 11 is 0. The zero-order valence-corrected chi connectivity index (χ0v) is 42.0. The molecular formula is C63H55N5O4. The fourth-order valence-electron chi connectivity index (χ4n) is 10.1. The van der Waals surface area contributed by atoms with E-state index >= 15 is 0 Å². The Hall–Kier alpha value is -8.43. The van der Waals surface area contributed by atoms with Crippen molar-refractivity contribution >= 4 is 50.7 Å². The van der Waals surface area contributed by atoms with E-state index in [-0.39, 0.29) is 44.0 Å². The standard InChI is InChI=1S/C63H55N5O4/c1-61(2,3)40-24-20-37(21-25-40)52-45-30-32-47(64-45)53(38-22-26-41(27-23-38)62(4,5)6)57-50(68(70)71)35-49(66-57)56-59(72-60(69)39-18-14-11-15-19-39)55-51(36-16-12-10-13-17-36)44-34-42(63(7,8)9)28-29-43(44)54(58(55)67-56)48-33-31-46(52)65-48/h10-35,65-66H,1-9H3. The van der Waals surface area contributed by atoms with Gasteiger partial charge in [-0.25, -0.2) is 14.8 Å². The van der Waals surface area contributed by atoms with E-state index in [9.17, 15) is 14.9 Å². The lowest BCUT2D eigenvalue weighted by Gasteiger charge is -2.21. The number of esters is 1. The second kappa shape index (κ2) is 16.9. The van der Waals surface area contributed by atoms with Crippen LogP contribution >= 0.6 is 0 Å². The molecule has 2 aromatic heterocycles. The van der Waals surface area contributed by atoms with E-state index in [0.717, 1.165) is 65.6 Å². The number of nitrogens with one attached hydrogen (secondary N) is 2. The predicted octanol–water partition coefficient (Wildman–Crippen LogP) is 13.5. The van der Waals surface area contributed by atoms with Crippen LogP contribution < -0.4 is 10.7 Å². The molecule has 0 amide bonds. The number of nitro groups is 1. The summed E-state index contributed by atoms with van der Waals surface area (Å²) < 4.78 is 6.71. The van der Waals surface area contributed by atoms with E-state index in [1.54, 1.807) is 24.3 Å². The second-order valence-electron chi connectivity index (χ2n) is 22.0. The number of rotatable bonds is 6. The molecule has 3 aliphatic rings. The van der Waals surface area contributed by atoms with Crippen LogP contribution in [0.3, 0.4) is 0 Å². The number of H-pyrrole nitrogens is 2. The third-order valence-electron chi connectivity index (χ3n) is 14.0. The minimum absolute atomic E-state index is 0.0723. The average molecular weight is 946 g/mol. The number of allylic oxidation sites excluding steroid dienone is 2. The molecule has 0 spiro atoms.